The minimum Gasteiger partial charge on any atom is -0.460 e. The number of unbranched alkanes of at least 4 members (excludes halogenated alkanes) is 9. The third-order valence-corrected chi connectivity index (χ3v) is 5.70. The fourth-order valence-electron chi connectivity index (χ4n) is 4.00. The van der Waals surface area contributed by atoms with E-state index in [4.69, 9.17) is 9.47 Å². The van der Waals surface area contributed by atoms with E-state index in [2.05, 4.69) is 0 Å². The second kappa shape index (κ2) is 11.5. The van der Waals surface area contributed by atoms with Crippen molar-refractivity contribution in [1.29, 1.82) is 0 Å². The molecule has 0 aromatic heterocycles. The average Bonchev–Trinajstić information content (AvgIpc) is 3.07. The molecule has 2 heterocycles. The number of aliphatic hydroxyl groups is 1. The van der Waals surface area contributed by atoms with E-state index in [0.29, 0.717) is 0 Å². The van der Waals surface area contributed by atoms with Gasteiger partial charge in [0.15, 0.2) is 0 Å². The highest BCUT2D eigenvalue weighted by molar-refractivity contribution is 5.90. The van der Waals surface area contributed by atoms with E-state index in [1.807, 2.05) is 13.0 Å². The van der Waals surface area contributed by atoms with E-state index in [1.165, 1.54) is 44.9 Å². The maximum absolute atomic E-state index is 11.6. The van der Waals surface area contributed by atoms with E-state index < -0.39 is 6.10 Å². The Hall–Kier alpha value is -1.36. The summed E-state index contributed by atoms with van der Waals surface area (Å²) in [6.45, 7) is 3.65. The Kier molecular flexibility index (Phi) is 9.32. The summed E-state index contributed by atoms with van der Waals surface area (Å²) >= 11 is 0. The molecule has 0 bridgehead atoms. The quantitative estimate of drug-likeness (QED) is 0.377. The van der Waals surface area contributed by atoms with Crippen molar-refractivity contribution in [3.8, 4) is 0 Å². The van der Waals surface area contributed by atoms with Gasteiger partial charge in [-0.25, -0.2) is 4.79 Å². The van der Waals surface area contributed by atoms with E-state index in [1.54, 1.807) is 6.92 Å². The molecule has 4 atom stereocenters. The van der Waals surface area contributed by atoms with Gasteiger partial charge < -0.3 is 14.6 Å². The minimum absolute atomic E-state index is 0.0480. The first kappa shape index (κ1) is 21.9. The summed E-state index contributed by atoms with van der Waals surface area (Å²) in [4.78, 5) is 23.1. The molecule has 27 heavy (non-hydrogen) atoms. The van der Waals surface area contributed by atoms with Crippen LogP contribution in [0.3, 0.4) is 0 Å². The van der Waals surface area contributed by atoms with Crippen LogP contribution < -0.4 is 0 Å². The molecule has 5 nitrogen and oxygen atoms in total. The van der Waals surface area contributed by atoms with Crippen molar-refractivity contribution in [1.82, 2.24) is 0 Å². The Morgan fingerprint density at radius 2 is 1.41 bits per heavy atom. The van der Waals surface area contributed by atoms with Crippen LogP contribution in [0, 0.1) is 5.92 Å². The topological polar surface area (TPSA) is 72.8 Å². The molecule has 0 amide bonds. The van der Waals surface area contributed by atoms with Crippen molar-refractivity contribution in [2.24, 2.45) is 5.92 Å². The highest BCUT2D eigenvalue weighted by Gasteiger charge is 2.40. The Bertz CT molecular complexity index is 513. The molecular weight excluding hydrogens is 344 g/mol. The van der Waals surface area contributed by atoms with Crippen LogP contribution in [0.15, 0.2) is 11.6 Å². The van der Waals surface area contributed by atoms with Gasteiger partial charge in [0.1, 0.15) is 18.3 Å². The van der Waals surface area contributed by atoms with Crippen LogP contribution in [-0.2, 0) is 19.1 Å². The van der Waals surface area contributed by atoms with Crippen LogP contribution in [-0.4, -0.2) is 35.4 Å². The number of carbonyl (C=O) groups is 2. The molecule has 5 heteroatoms. The summed E-state index contributed by atoms with van der Waals surface area (Å²) in [6.07, 6.45) is 14.3. The summed E-state index contributed by atoms with van der Waals surface area (Å²) in [5, 5.41) is 9.90. The van der Waals surface area contributed by atoms with Crippen LogP contribution in [0.1, 0.15) is 90.9 Å². The molecule has 0 aliphatic carbocycles. The molecule has 2 rings (SSSR count). The number of hydrogen-bond donors (Lipinski definition) is 1. The number of carbonyl (C=O) groups excluding carboxylic acids is 2. The zero-order valence-electron chi connectivity index (χ0n) is 17.0. The standard InChI is InChI=1S/C22H36O5/c1-16-15-18(21(24)26-16)13-11-9-7-5-3-4-6-8-10-12-14-19-20(23)17(2)27-22(19)25/h15-17,19-20,23H,3-14H2,1-2H3/t16?,17-,19-,20-/m1/s1. The maximum Gasteiger partial charge on any atom is 0.334 e. The van der Waals surface area contributed by atoms with Gasteiger partial charge in [-0.05, 0) is 39.2 Å². The molecule has 1 unspecified atom stereocenters. The second-order valence-electron chi connectivity index (χ2n) is 8.12. The second-order valence-corrected chi connectivity index (χ2v) is 8.12. The van der Waals surface area contributed by atoms with Crippen molar-refractivity contribution in [2.75, 3.05) is 0 Å². The third-order valence-electron chi connectivity index (χ3n) is 5.70. The van der Waals surface area contributed by atoms with Crippen molar-refractivity contribution >= 4 is 11.9 Å². The Morgan fingerprint density at radius 1 is 0.852 bits per heavy atom. The predicted octanol–water partition coefficient (Wildman–Crippen LogP) is 4.46. The monoisotopic (exact) mass is 380 g/mol. The molecule has 0 spiro atoms. The van der Waals surface area contributed by atoms with Crippen LogP contribution in [0.25, 0.3) is 0 Å². The fraction of sp³-hybridized carbons (Fsp3) is 0.818. The molecule has 0 aromatic carbocycles. The Balaban J connectivity index is 1.35. The summed E-state index contributed by atoms with van der Waals surface area (Å²) in [5.74, 6) is -0.674. The van der Waals surface area contributed by atoms with E-state index >= 15 is 0 Å². The number of rotatable bonds is 13. The molecule has 1 fully saturated rings. The van der Waals surface area contributed by atoms with Gasteiger partial charge in [-0.1, -0.05) is 57.8 Å². The third kappa shape index (κ3) is 7.28. The number of hydrogen-bond acceptors (Lipinski definition) is 5. The average molecular weight is 381 g/mol. The molecule has 1 N–H and O–H groups in total. The molecule has 0 saturated carbocycles. The van der Waals surface area contributed by atoms with Gasteiger partial charge in [-0.3, -0.25) is 4.79 Å². The summed E-state index contributed by atoms with van der Waals surface area (Å²) in [7, 11) is 0. The van der Waals surface area contributed by atoms with Crippen molar-refractivity contribution in [3.63, 3.8) is 0 Å². The normalized spacial score (nSPS) is 27.6. The first-order valence-corrected chi connectivity index (χ1v) is 10.8. The molecule has 0 aromatic rings. The van der Waals surface area contributed by atoms with Crippen molar-refractivity contribution in [2.45, 2.75) is 109 Å². The molecule has 2 aliphatic rings. The van der Waals surface area contributed by atoms with Gasteiger partial charge >= 0.3 is 11.9 Å². The molecule has 1 saturated heterocycles. The highest BCUT2D eigenvalue weighted by Crippen LogP contribution is 2.26. The van der Waals surface area contributed by atoms with Crippen LogP contribution in [0.2, 0.25) is 0 Å². The van der Waals surface area contributed by atoms with E-state index in [0.717, 1.165) is 37.7 Å². The Morgan fingerprint density at radius 3 is 1.89 bits per heavy atom. The summed E-state index contributed by atoms with van der Waals surface area (Å²) in [5.41, 5.74) is 0.857. The highest BCUT2D eigenvalue weighted by atomic mass is 16.6. The Labute approximate surface area is 163 Å². The zero-order chi connectivity index (χ0) is 19.6. The van der Waals surface area contributed by atoms with Gasteiger partial charge in [0.05, 0.1) is 5.92 Å². The van der Waals surface area contributed by atoms with Crippen molar-refractivity contribution in [3.05, 3.63) is 11.6 Å². The lowest BCUT2D eigenvalue weighted by molar-refractivity contribution is -0.144. The first-order valence-electron chi connectivity index (χ1n) is 10.8. The van der Waals surface area contributed by atoms with Gasteiger partial charge in [0.2, 0.25) is 0 Å². The smallest absolute Gasteiger partial charge is 0.334 e. The van der Waals surface area contributed by atoms with Gasteiger partial charge in [0.25, 0.3) is 0 Å². The molecule has 2 aliphatic heterocycles. The predicted molar refractivity (Wildman–Crippen MR) is 104 cm³/mol. The van der Waals surface area contributed by atoms with Crippen LogP contribution in [0.4, 0.5) is 0 Å². The lowest BCUT2D eigenvalue weighted by atomic mass is 9.95. The van der Waals surface area contributed by atoms with Crippen LogP contribution in [0.5, 0.6) is 0 Å². The largest absolute Gasteiger partial charge is 0.460 e. The number of ether oxygens (including phenoxy) is 2. The van der Waals surface area contributed by atoms with Gasteiger partial charge in [-0.2, -0.15) is 0 Å². The molecular formula is C22H36O5. The summed E-state index contributed by atoms with van der Waals surface area (Å²) < 4.78 is 10.2. The molecule has 0 radical (unpaired) electrons. The summed E-state index contributed by atoms with van der Waals surface area (Å²) in [6, 6.07) is 0. The number of esters is 2. The van der Waals surface area contributed by atoms with E-state index in [9.17, 15) is 14.7 Å². The number of cyclic esters (lactones) is 2. The zero-order valence-corrected chi connectivity index (χ0v) is 17.0. The molecule has 154 valence electrons. The first-order chi connectivity index (χ1) is 13.0. The van der Waals surface area contributed by atoms with Crippen molar-refractivity contribution < 1.29 is 24.2 Å². The fourth-order valence-corrected chi connectivity index (χ4v) is 4.00. The number of aliphatic hydroxyl groups excluding tert-OH is 1. The SMILES string of the molecule is CC1C=C(CCCCCCCCCCCC[C@H]2C(=O)O[C@H](C)[C@H]2O)C(=O)O1. The van der Waals surface area contributed by atoms with Gasteiger partial charge in [0, 0.05) is 5.57 Å². The maximum atomic E-state index is 11.6. The van der Waals surface area contributed by atoms with E-state index in [-0.39, 0.29) is 30.1 Å². The minimum atomic E-state index is -0.628. The lowest BCUT2D eigenvalue weighted by Crippen LogP contribution is -2.24. The lowest BCUT2D eigenvalue weighted by Gasteiger charge is -2.11. The van der Waals surface area contributed by atoms with Crippen LogP contribution >= 0.6 is 0 Å². The van der Waals surface area contributed by atoms with Gasteiger partial charge in [-0.15, -0.1) is 0 Å².